The minimum Gasteiger partial charge on any atom is -0.497 e. The molecule has 0 aliphatic heterocycles. The molecule has 0 aliphatic carbocycles. The van der Waals surface area contributed by atoms with Gasteiger partial charge in [0.2, 0.25) is 5.91 Å². The highest BCUT2D eigenvalue weighted by Gasteiger charge is 2.21. The summed E-state index contributed by atoms with van der Waals surface area (Å²) in [5.74, 6) is 1.01. The Kier molecular flexibility index (Phi) is 6.79. The van der Waals surface area contributed by atoms with Gasteiger partial charge >= 0.3 is 0 Å². The maximum atomic E-state index is 13.2. The van der Waals surface area contributed by atoms with Crippen LogP contribution in [0.1, 0.15) is 12.1 Å². The second-order valence-electron chi connectivity index (χ2n) is 6.68. The van der Waals surface area contributed by atoms with Gasteiger partial charge in [-0.3, -0.25) is 14.7 Å². The molecule has 0 N–H and O–H groups in total. The van der Waals surface area contributed by atoms with Crippen LogP contribution in [0.5, 0.6) is 5.75 Å². The number of carbonyl (C=O) groups excluding carboxylic acids is 1. The van der Waals surface area contributed by atoms with E-state index >= 15 is 0 Å². The molecule has 0 unspecified atom stereocenters. The molecule has 4 rings (SSSR count). The van der Waals surface area contributed by atoms with E-state index in [0.717, 1.165) is 26.6 Å². The van der Waals surface area contributed by atoms with Crippen LogP contribution in [0.4, 0.5) is 9.52 Å². The maximum absolute atomic E-state index is 13.2. The molecule has 0 bridgehead atoms. The van der Waals surface area contributed by atoms with E-state index < -0.39 is 0 Å². The van der Waals surface area contributed by atoms with Crippen molar-refractivity contribution in [1.29, 1.82) is 0 Å². The fourth-order valence-electron chi connectivity index (χ4n) is 2.98. The summed E-state index contributed by atoms with van der Waals surface area (Å²) < 4.78 is 19.4. The Morgan fingerprint density at radius 2 is 2.00 bits per heavy atom. The quantitative estimate of drug-likeness (QED) is 0.327. The number of fused-ring (bicyclic) bond motifs is 1. The molecule has 2 heterocycles. The van der Waals surface area contributed by atoms with E-state index in [1.165, 1.54) is 35.2 Å². The largest absolute Gasteiger partial charge is 0.497 e. The predicted octanol–water partition coefficient (Wildman–Crippen LogP) is 5.55. The van der Waals surface area contributed by atoms with Crippen LogP contribution in [0.2, 0.25) is 0 Å². The van der Waals surface area contributed by atoms with Gasteiger partial charge in [-0.25, -0.2) is 9.37 Å². The number of anilines is 1. The summed E-state index contributed by atoms with van der Waals surface area (Å²) in [6.07, 6.45) is 2.04. The Morgan fingerprint density at radius 1 is 1.16 bits per heavy atom. The number of halogens is 1. The fraction of sp³-hybridized carbons (Fsp3) is 0.174. The van der Waals surface area contributed by atoms with E-state index in [4.69, 9.17) is 4.74 Å². The Hall–Kier alpha value is -2.97. The molecule has 31 heavy (non-hydrogen) atoms. The Morgan fingerprint density at radius 3 is 2.74 bits per heavy atom. The third kappa shape index (κ3) is 5.39. The molecule has 0 radical (unpaired) electrons. The molecule has 1 amide bonds. The van der Waals surface area contributed by atoms with Crippen molar-refractivity contribution < 1.29 is 13.9 Å². The van der Waals surface area contributed by atoms with E-state index in [1.54, 1.807) is 30.3 Å². The summed E-state index contributed by atoms with van der Waals surface area (Å²) in [6.45, 7) is 0.345. The standard InChI is InChI=1S/C23H20FN3O2S2/c1-29-18-7-10-21-20(14-18)26-23(31-21)27(15-17-4-2-3-12-25-17)22(28)11-13-30-19-8-5-16(24)6-9-19/h2-10,12,14H,11,13,15H2,1H3. The summed E-state index contributed by atoms with van der Waals surface area (Å²) in [7, 11) is 1.62. The van der Waals surface area contributed by atoms with Crippen LogP contribution >= 0.6 is 23.1 Å². The number of thiazole rings is 1. The van der Waals surface area contributed by atoms with Crippen LogP contribution in [-0.4, -0.2) is 28.7 Å². The zero-order valence-electron chi connectivity index (χ0n) is 16.8. The van der Waals surface area contributed by atoms with Crippen molar-refractivity contribution in [2.24, 2.45) is 0 Å². The Balaban J connectivity index is 1.53. The number of benzene rings is 2. The van der Waals surface area contributed by atoms with E-state index in [9.17, 15) is 9.18 Å². The van der Waals surface area contributed by atoms with Crippen LogP contribution < -0.4 is 9.64 Å². The van der Waals surface area contributed by atoms with Gasteiger partial charge in [-0.05, 0) is 48.5 Å². The van der Waals surface area contributed by atoms with Crippen molar-refractivity contribution >= 4 is 44.4 Å². The molecule has 4 aromatic rings. The van der Waals surface area contributed by atoms with Gasteiger partial charge in [0, 0.05) is 29.3 Å². The van der Waals surface area contributed by atoms with Crippen LogP contribution in [0.3, 0.4) is 0 Å². The molecule has 8 heteroatoms. The third-order valence-corrected chi connectivity index (χ3v) is 6.63. The molecule has 0 fully saturated rings. The van der Waals surface area contributed by atoms with Crippen LogP contribution in [0.15, 0.2) is 71.8 Å². The lowest BCUT2D eigenvalue weighted by Gasteiger charge is -2.19. The smallest absolute Gasteiger partial charge is 0.229 e. The van der Waals surface area contributed by atoms with Crippen molar-refractivity contribution in [2.75, 3.05) is 17.8 Å². The first kappa shape index (κ1) is 21.3. The third-order valence-electron chi connectivity index (χ3n) is 4.56. The summed E-state index contributed by atoms with van der Waals surface area (Å²) in [4.78, 5) is 24.8. The highest BCUT2D eigenvalue weighted by Crippen LogP contribution is 2.32. The molecular weight excluding hydrogens is 433 g/mol. The van der Waals surface area contributed by atoms with Crippen LogP contribution in [0.25, 0.3) is 10.2 Å². The normalized spacial score (nSPS) is 10.9. The van der Waals surface area contributed by atoms with Crippen molar-refractivity contribution in [1.82, 2.24) is 9.97 Å². The minimum absolute atomic E-state index is 0.0358. The lowest BCUT2D eigenvalue weighted by Crippen LogP contribution is -2.30. The predicted molar refractivity (Wildman–Crippen MR) is 123 cm³/mol. The van der Waals surface area contributed by atoms with Gasteiger partial charge in [0.15, 0.2) is 5.13 Å². The van der Waals surface area contributed by atoms with Gasteiger partial charge in [0.25, 0.3) is 0 Å². The van der Waals surface area contributed by atoms with E-state index in [-0.39, 0.29) is 11.7 Å². The highest BCUT2D eigenvalue weighted by atomic mass is 32.2. The molecule has 0 saturated carbocycles. The van der Waals surface area contributed by atoms with Crippen molar-refractivity contribution in [3.8, 4) is 5.75 Å². The molecular formula is C23H20FN3O2S2. The first-order valence-electron chi connectivity index (χ1n) is 9.65. The number of ether oxygens (including phenoxy) is 1. The molecule has 2 aromatic heterocycles. The monoisotopic (exact) mass is 453 g/mol. The molecule has 2 aromatic carbocycles. The minimum atomic E-state index is -0.269. The Labute approximate surface area is 187 Å². The van der Waals surface area contributed by atoms with Gasteiger partial charge in [-0.2, -0.15) is 0 Å². The highest BCUT2D eigenvalue weighted by molar-refractivity contribution is 7.99. The van der Waals surface area contributed by atoms with E-state index in [1.807, 2.05) is 36.4 Å². The maximum Gasteiger partial charge on any atom is 0.229 e. The van der Waals surface area contributed by atoms with E-state index in [0.29, 0.717) is 23.8 Å². The summed E-state index contributed by atoms with van der Waals surface area (Å²) in [6, 6.07) is 17.6. The molecule has 0 saturated heterocycles. The molecule has 0 atom stereocenters. The summed E-state index contributed by atoms with van der Waals surface area (Å²) in [5, 5.41) is 0.630. The number of hydrogen-bond acceptors (Lipinski definition) is 6. The summed E-state index contributed by atoms with van der Waals surface area (Å²) in [5.41, 5.74) is 1.58. The number of rotatable bonds is 8. The van der Waals surface area contributed by atoms with Crippen LogP contribution in [-0.2, 0) is 11.3 Å². The Bertz CT molecular complexity index is 1170. The fourth-order valence-corrected chi connectivity index (χ4v) is 4.78. The summed E-state index contributed by atoms with van der Waals surface area (Å²) >= 11 is 2.99. The number of pyridine rings is 1. The first-order valence-corrected chi connectivity index (χ1v) is 11.5. The topological polar surface area (TPSA) is 55.3 Å². The number of amides is 1. The molecule has 0 spiro atoms. The first-order chi connectivity index (χ1) is 15.1. The number of hydrogen-bond donors (Lipinski definition) is 0. The van der Waals surface area contributed by atoms with Gasteiger partial charge < -0.3 is 4.74 Å². The lowest BCUT2D eigenvalue weighted by molar-refractivity contribution is -0.118. The zero-order valence-corrected chi connectivity index (χ0v) is 18.5. The number of aromatic nitrogens is 2. The number of carbonyl (C=O) groups is 1. The van der Waals surface area contributed by atoms with Gasteiger partial charge in [0.05, 0.1) is 29.6 Å². The second-order valence-corrected chi connectivity index (χ2v) is 8.86. The number of thioether (sulfide) groups is 1. The van der Waals surface area contributed by atoms with Crippen molar-refractivity contribution in [3.05, 3.63) is 78.4 Å². The molecule has 0 aliphatic rings. The average molecular weight is 454 g/mol. The van der Waals surface area contributed by atoms with Crippen LogP contribution in [0, 0.1) is 5.82 Å². The van der Waals surface area contributed by atoms with Crippen molar-refractivity contribution in [2.45, 2.75) is 17.9 Å². The van der Waals surface area contributed by atoms with Gasteiger partial charge in [-0.15, -0.1) is 11.8 Å². The molecule has 5 nitrogen and oxygen atoms in total. The molecule has 158 valence electrons. The number of methoxy groups -OCH3 is 1. The second kappa shape index (κ2) is 9.89. The van der Waals surface area contributed by atoms with Gasteiger partial charge in [-0.1, -0.05) is 17.4 Å². The lowest BCUT2D eigenvalue weighted by atomic mass is 10.3. The van der Waals surface area contributed by atoms with Crippen molar-refractivity contribution in [3.63, 3.8) is 0 Å². The average Bonchev–Trinajstić information content (AvgIpc) is 3.22. The SMILES string of the molecule is COc1ccc2sc(N(Cc3ccccn3)C(=O)CCSc3ccc(F)cc3)nc2c1. The number of nitrogens with zero attached hydrogens (tertiary/aromatic N) is 3. The van der Waals surface area contributed by atoms with E-state index in [2.05, 4.69) is 9.97 Å². The zero-order chi connectivity index (χ0) is 21.6. The van der Waals surface area contributed by atoms with Gasteiger partial charge in [0.1, 0.15) is 11.6 Å².